The van der Waals surface area contributed by atoms with E-state index in [9.17, 15) is 9.59 Å². The number of likely N-dealkylation sites (tertiary alicyclic amines) is 1. The van der Waals surface area contributed by atoms with Gasteiger partial charge in [-0.3, -0.25) is 14.5 Å². The maximum atomic E-state index is 12.6. The molecule has 7 heteroatoms. The quantitative estimate of drug-likeness (QED) is 0.751. The first-order valence-electron chi connectivity index (χ1n) is 9.63. The van der Waals surface area contributed by atoms with Crippen LogP contribution in [0.15, 0.2) is 42.5 Å². The molecule has 1 heterocycles. The van der Waals surface area contributed by atoms with Crippen molar-refractivity contribution in [2.75, 3.05) is 39.7 Å². The van der Waals surface area contributed by atoms with E-state index in [0.717, 1.165) is 36.4 Å². The maximum absolute atomic E-state index is 12.6. The van der Waals surface area contributed by atoms with Gasteiger partial charge in [0.05, 0.1) is 20.8 Å². The first-order valence-corrected chi connectivity index (χ1v) is 9.63. The van der Waals surface area contributed by atoms with Crippen molar-refractivity contribution in [1.82, 2.24) is 10.2 Å². The largest absolute Gasteiger partial charge is 0.497 e. The van der Waals surface area contributed by atoms with Crippen molar-refractivity contribution in [2.24, 2.45) is 0 Å². The molecule has 3 rings (SSSR count). The molecule has 2 aromatic rings. The van der Waals surface area contributed by atoms with Gasteiger partial charge in [-0.15, -0.1) is 0 Å². The summed E-state index contributed by atoms with van der Waals surface area (Å²) in [6, 6.07) is 12.7. The Kier molecular flexibility index (Phi) is 6.72. The second kappa shape index (κ2) is 9.43. The number of benzene rings is 2. The highest BCUT2D eigenvalue weighted by molar-refractivity contribution is 5.96. The number of methoxy groups -OCH3 is 2. The Hall–Kier alpha value is -3.06. The summed E-state index contributed by atoms with van der Waals surface area (Å²) in [5, 5.41) is 5.48. The lowest BCUT2D eigenvalue weighted by Gasteiger charge is -2.26. The monoisotopic (exact) mass is 397 g/mol. The Balaban J connectivity index is 1.68. The summed E-state index contributed by atoms with van der Waals surface area (Å²) in [4.78, 5) is 26.4. The Morgan fingerprint density at radius 3 is 2.52 bits per heavy atom. The first-order chi connectivity index (χ1) is 14.0. The third kappa shape index (κ3) is 4.86. The van der Waals surface area contributed by atoms with E-state index >= 15 is 0 Å². The first kappa shape index (κ1) is 20.7. The zero-order valence-corrected chi connectivity index (χ0v) is 17.0. The molecule has 0 aliphatic carbocycles. The predicted molar refractivity (Wildman–Crippen MR) is 112 cm³/mol. The van der Waals surface area contributed by atoms with Gasteiger partial charge in [-0.05, 0) is 61.9 Å². The topological polar surface area (TPSA) is 79.9 Å². The summed E-state index contributed by atoms with van der Waals surface area (Å²) in [6.45, 7) is 1.12. The predicted octanol–water partition coefficient (Wildman–Crippen LogP) is 2.84. The van der Waals surface area contributed by atoms with E-state index in [1.165, 1.54) is 0 Å². The summed E-state index contributed by atoms with van der Waals surface area (Å²) in [6.07, 6.45) is 1.97. The molecule has 1 fully saturated rings. The minimum atomic E-state index is -0.157. The Labute approximate surface area is 171 Å². The molecular weight excluding hydrogens is 370 g/mol. The molecule has 0 unspecified atom stereocenters. The lowest BCUT2D eigenvalue weighted by Crippen LogP contribution is -2.33. The summed E-state index contributed by atoms with van der Waals surface area (Å²) in [5.74, 6) is 1.32. The van der Waals surface area contributed by atoms with Gasteiger partial charge < -0.3 is 20.1 Å². The molecular formula is C22H27N3O4. The molecule has 29 heavy (non-hydrogen) atoms. The fraction of sp³-hybridized carbons (Fsp3) is 0.364. The molecule has 7 nitrogen and oxygen atoms in total. The minimum Gasteiger partial charge on any atom is -0.497 e. The number of nitrogens with zero attached hydrogens (tertiary/aromatic N) is 1. The number of rotatable bonds is 7. The molecule has 2 N–H and O–H groups in total. The Bertz CT molecular complexity index is 867. The van der Waals surface area contributed by atoms with Crippen LogP contribution in [0.3, 0.4) is 0 Å². The lowest BCUT2D eigenvalue weighted by molar-refractivity contribution is -0.117. The average Bonchev–Trinajstić information content (AvgIpc) is 3.20. The van der Waals surface area contributed by atoms with Crippen LogP contribution in [0.5, 0.6) is 11.5 Å². The maximum Gasteiger partial charge on any atom is 0.251 e. The van der Waals surface area contributed by atoms with Crippen molar-refractivity contribution in [1.29, 1.82) is 0 Å². The SMILES string of the molecule is CNC(=O)c1ccc(NC(=O)CN2CCC[C@@H]2c2cc(OC)ccc2OC)cc1. The van der Waals surface area contributed by atoms with Crippen LogP contribution in [0.1, 0.15) is 34.8 Å². The van der Waals surface area contributed by atoms with Gasteiger partial charge in [0.15, 0.2) is 0 Å². The van der Waals surface area contributed by atoms with Crippen molar-refractivity contribution < 1.29 is 19.1 Å². The van der Waals surface area contributed by atoms with Crippen LogP contribution in [0.25, 0.3) is 0 Å². The van der Waals surface area contributed by atoms with Gasteiger partial charge in [0.2, 0.25) is 5.91 Å². The standard InChI is InChI=1S/C22H27N3O4/c1-23-22(27)15-6-8-16(9-7-15)24-21(26)14-25-12-4-5-19(25)18-13-17(28-2)10-11-20(18)29-3/h6-11,13,19H,4-5,12,14H2,1-3H3,(H,23,27)(H,24,26)/t19-/m1/s1. The van der Waals surface area contributed by atoms with Crippen LogP contribution in [-0.4, -0.2) is 51.1 Å². The van der Waals surface area contributed by atoms with Gasteiger partial charge in [0, 0.05) is 29.9 Å². The van der Waals surface area contributed by atoms with E-state index in [1.807, 2.05) is 18.2 Å². The summed E-state index contributed by atoms with van der Waals surface area (Å²) >= 11 is 0. The van der Waals surface area contributed by atoms with Gasteiger partial charge in [-0.2, -0.15) is 0 Å². The van der Waals surface area contributed by atoms with E-state index in [0.29, 0.717) is 11.3 Å². The van der Waals surface area contributed by atoms with Crippen molar-refractivity contribution >= 4 is 17.5 Å². The zero-order chi connectivity index (χ0) is 20.8. The van der Waals surface area contributed by atoms with Gasteiger partial charge in [0.25, 0.3) is 5.91 Å². The van der Waals surface area contributed by atoms with Crippen LogP contribution >= 0.6 is 0 Å². The van der Waals surface area contributed by atoms with E-state index in [-0.39, 0.29) is 24.4 Å². The Morgan fingerprint density at radius 2 is 1.86 bits per heavy atom. The summed E-state index contributed by atoms with van der Waals surface area (Å²) in [5.41, 5.74) is 2.25. The number of nitrogens with one attached hydrogen (secondary N) is 2. The fourth-order valence-electron chi connectivity index (χ4n) is 3.70. The highest BCUT2D eigenvalue weighted by Crippen LogP contribution is 2.38. The van der Waals surface area contributed by atoms with Crippen molar-refractivity contribution in [3.05, 3.63) is 53.6 Å². The molecule has 1 aliphatic rings. The third-order valence-electron chi connectivity index (χ3n) is 5.16. The van der Waals surface area contributed by atoms with Crippen LogP contribution in [-0.2, 0) is 4.79 Å². The molecule has 0 spiro atoms. The lowest BCUT2D eigenvalue weighted by atomic mass is 10.0. The molecule has 1 atom stereocenters. The molecule has 2 aromatic carbocycles. The van der Waals surface area contributed by atoms with Gasteiger partial charge in [-0.25, -0.2) is 0 Å². The third-order valence-corrected chi connectivity index (χ3v) is 5.16. The molecule has 0 bridgehead atoms. The molecule has 2 amide bonds. The zero-order valence-electron chi connectivity index (χ0n) is 17.0. The minimum absolute atomic E-state index is 0.0912. The second-order valence-electron chi connectivity index (χ2n) is 6.94. The number of anilines is 1. The van der Waals surface area contributed by atoms with Gasteiger partial charge in [0.1, 0.15) is 11.5 Å². The average molecular weight is 397 g/mol. The molecule has 0 radical (unpaired) electrons. The van der Waals surface area contributed by atoms with Crippen LogP contribution in [0, 0.1) is 0 Å². The molecule has 1 saturated heterocycles. The summed E-state index contributed by atoms with van der Waals surface area (Å²) in [7, 11) is 4.88. The molecule has 154 valence electrons. The number of carbonyl (C=O) groups excluding carboxylic acids is 2. The summed E-state index contributed by atoms with van der Waals surface area (Å²) < 4.78 is 10.9. The second-order valence-corrected chi connectivity index (χ2v) is 6.94. The molecule has 0 saturated carbocycles. The van der Waals surface area contributed by atoms with Crippen molar-refractivity contribution in [3.8, 4) is 11.5 Å². The fourth-order valence-corrected chi connectivity index (χ4v) is 3.70. The smallest absolute Gasteiger partial charge is 0.251 e. The highest BCUT2D eigenvalue weighted by atomic mass is 16.5. The van der Waals surface area contributed by atoms with E-state index in [1.54, 1.807) is 45.5 Å². The van der Waals surface area contributed by atoms with E-state index in [4.69, 9.17) is 9.47 Å². The highest BCUT2D eigenvalue weighted by Gasteiger charge is 2.30. The molecule has 0 aromatic heterocycles. The number of hydrogen-bond acceptors (Lipinski definition) is 5. The number of hydrogen-bond donors (Lipinski definition) is 2. The number of carbonyl (C=O) groups is 2. The van der Waals surface area contributed by atoms with Gasteiger partial charge in [-0.1, -0.05) is 0 Å². The number of amides is 2. The van der Waals surface area contributed by atoms with Crippen molar-refractivity contribution in [2.45, 2.75) is 18.9 Å². The van der Waals surface area contributed by atoms with Gasteiger partial charge >= 0.3 is 0 Å². The number of ether oxygens (including phenoxy) is 2. The normalized spacial score (nSPS) is 16.3. The van der Waals surface area contributed by atoms with Crippen LogP contribution < -0.4 is 20.1 Å². The molecule has 1 aliphatic heterocycles. The van der Waals surface area contributed by atoms with E-state index in [2.05, 4.69) is 15.5 Å². The van der Waals surface area contributed by atoms with Crippen LogP contribution in [0.2, 0.25) is 0 Å². The van der Waals surface area contributed by atoms with E-state index < -0.39 is 0 Å². The van der Waals surface area contributed by atoms with Crippen molar-refractivity contribution in [3.63, 3.8) is 0 Å². The Morgan fingerprint density at radius 1 is 1.10 bits per heavy atom. The van der Waals surface area contributed by atoms with Crippen LogP contribution in [0.4, 0.5) is 5.69 Å².